The van der Waals surface area contributed by atoms with Crippen molar-refractivity contribution in [1.29, 1.82) is 0 Å². The molecule has 2 nitrogen and oxygen atoms in total. The number of aliphatic imine (C=N–C) groups is 1. The molecule has 0 heterocycles. The molecule has 0 rings (SSSR count). The van der Waals surface area contributed by atoms with Crippen LogP contribution in [0.2, 0.25) is 0 Å². The zero-order valence-corrected chi connectivity index (χ0v) is 8.17. The molecule has 0 amide bonds. The fourth-order valence-electron chi connectivity index (χ4n) is 0.591. The molecule has 2 N–H and O–H groups in total. The van der Waals surface area contributed by atoms with Crippen molar-refractivity contribution in [2.75, 3.05) is 0 Å². The van der Waals surface area contributed by atoms with Gasteiger partial charge in [0.05, 0.1) is 0 Å². The van der Waals surface area contributed by atoms with Crippen LogP contribution >= 0.6 is 0 Å². The molecule has 0 fully saturated rings. The summed E-state index contributed by atoms with van der Waals surface area (Å²) in [5.41, 5.74) is 7.70. The van der Waals surface area contributed by atoms with Gasteiger partial charge in [0.25, 0.3) is 0 Å². The standard InChI is InChI=1S/C10H18N2/c1-5-10(6-2)7-12-9(4)8(3)11/h5,7-8H,1,6,11H2,2-4H3/b10-7+,12-9?. The highest BCUT2D eigenvalue weighted by molar-refractivity contribution is 5.87. The quantitative estimate of drug-likeness (QED) is 0.505. The van der Waals surface area contributed by atoms with E-state index in [1.54, 1.807) is 0 Å². The summed E-state index contributed by atoms with van der Waals surface area (Å²) < 4.78 is 0. The first-order valence-electron chi connectivity index (χ1n) is 4.23. The number of nitrogens with zero attached hydrogens (tertiary/aromatic N) is 1. The maximum absolute atomic E-state index is 5.62. The van der Waals surface area contributed by atoms with Crippen LogP contribution in [0, 0.1) is 0 Å². The molecule has 2 heteroatoms. The molecular weight excluding hydrogens is 148 g/mol. The number of allylic oxidation sites excluding steroid dienone is 2. The van der Waals surface area contributed by atoms with Crippen LogP contribution in [0.4, 0.5) is 0 Å². The molecule has 0 aromatic carbocycles. The van der Waals surface area contributed by atoms with Gasteiger partial charge in [-0.25, -0.2) is 0 Å². The van der Waals surface area contributed by atoms with E-state index in [4.69, 9.17) is 5.73 Å². The first kappa shape index (κ1) is 11.1. The van der Waals surface area contributed by atoms with Crippen LogP contribution in [0.1, 0.15) is 27.2 Å². The van der Waals surface area contributed by atoms with Crippen LogP contribution in [0.15, 0.2) is 29.4 Å². The van der Waals surface area contributed by atoms with Gasteiger partial charge in [0.15, 0.2) is 0 Å². The predicted molar refractivity (Wildman–Crippen MR) is 55.3 cm³/mol. The molecular formula is C10H18N2. The molecule has 0 bridgehead atoms. The summed E-state index contributed by atoms with van der Waals surface area (Å²) in [7, 11) is 0. The third-order valence-electron chi connectivity index (χ3n) is 1.76. The molecule has 0 aromatic rings. The maximum Gasteiger partial charge on any atom is 0.0398 e. The van der Waals surface area contributed by atoms with Crippen molar-refractivity contribution >= 4 is 5.71 Å². The molecule has 1 atom stereocenters. The first-order valence-corrected chi connectivity index (χ1v) is 4.23. The second-order valence-corrected chi connectivity index (χ2v) is 2.82. The molecule has 0 aliphatic rings. The van der Waals surface area contributed by atoms with Gasteiger partial charge >= 0.3 is 0 Å². The Kier molecular flexibility index (Phi) is 5.30. The molecule has 0 aliphatic heterocycles. The van der Waals surface area contributed by atoms with E-state index in [9.17, 15) is 0 Å². The summed E-state index contributed by atoms with van der Waals surface area (Å²) in [6.07, 6.45) is 4.60. The van der Waals surface area contributed by atoms with Crippen LogP contribution in [-0.2, 0) is 0 Å². The third kappa shape index (κ3) is 4.09. The van der Waals surface area contributed by atoms with E-state index >= 15 is 0 Å². The molecule has 0 saturated heterocycles. The van der Waals surface area contributed by atoms with E-state index in [2.05, 4.69) is 18.5 Å². The minimum atomic E-state index is 0.0316. The summed E-state index contributed by atoms with van der Waals surface area (Å²) in [5, 5.41) is 0. The minimum absolute atomic E-state index is 0.0316. The lowest BCUT2D eigenvalue weighted by Gasteiger charge is -2.01. The van der Waals surface area contributed by atoms with E-state index in [0.717, 1.165) is 17.7 Å². The van der Waals surface area contributed by atoms with E-state index in [1.807, 2.05) is 26.1 Å². The summed E-state index contributed by atoms with van der Waals surface area (Å²) in [6, 6.07) is 0.0316. The molecule has 0 aromatic heterocycles. The normalized spacial score (nSPS) is 16.0. The second kappa shape index (κ2) is 5.72. The third-order valence-corrected chi connectivity index (χ3v) is 1.76. The van der Waals surface area contributed by atoms with Crippen LogP contribution in [0.25, 0.3) is 0 Å². The van der Waals surface area contributed by atoms with Crippen LogP contribution in [0.3, 0.4) is 0 Å². The zero-order valence-electron chi connectivity index (χ0n) is 8.17. The highest BCUT2D eigenvalue weighted by Crippen LogP contribution is 2.01. The van der Waals surface area contributed by atoms with Crippen molar-refractivity contribution in [2.24, 2.45) is 10.7 Å². The molecule has 1 unspecified atom stereocenters. The van der Waals surface area contributed by atoms with Gasteiger partial charge < -0.3 is 5.73 Å². The Labute approximate surface area is 74.9 Å². The number of nitrogens with two attached hydrogens (primary N) is 1. The molecule has 0 spiro atoms. The Morgan fingerprint density at radius 1 is 1.67 bits per heavy atom. The van der Waals surface area contributed by atoms with Crippen molar-refractivity contribution in [3.8, 4) is 0 Å². The van der Waals surface area contributed by atoms with Crippen molar-refractivity contribution in [1.82, 2.24) is 0 Å². The lowest BCUT2D eigenvalue weighted by atomic mass is 10.2. The molecule has 0 saturated carbocycles. The van der Waals surface area contributed by atoms with Crippen LogP contribution < -0.4 is 5.73 Å². The summed E-state index contributed by atoms with van der Waals surface area (Å²) in [4.78, 5) is 4.22. The number of hydrogen-bond acceptors (Lipinski definition) is 2. The van der Waals surface area contributed by atoms with E-state index in [-0.39, 0.29) is 6.04 Å². The number of rotatable bonds is 4. The monoisotopic (exact) mass is 166 g/mol. The highest BCUT2D eigenvalue weighted by Gasteiger charge is 1.95. The number of hydrogen-bond donors (Lipinski definition) is 1. The van der Waals surface area contributed by atoms with Gasteiger partial charge in [-0.1, -0.05) is 19.6 Å². The molecule has 12 heavy (non-hydrogen) atoms. The lowest BCUT2D eigenvalue weighted by Crippen LogP contribution is -2.23. The fraction of sp³-hybridized carbons (Fsp3) is 0.500. The Balaban J connectivity index is 4.34. The van der Waals surface area contributed by atoms with Gasteiger partial charge in [0.1, 0.15) is 0 Å². The van der Waals surface area contributed by atoms with Gasteiger partial charge in [-0.15, -0.1) is 0 Å². The second-order valence-electron chi connectivity index (χ2n) is 2.82. The van der Waals surface area contributed by atoms with Crippen molar-refractivity contribution in [3.05, 3.63) is 24.4 Å². The Morgan fingerprint density at radius 3 is 2.58 bits per heavy atom. The smallest absolute Gasteiger partial charge is 0.0398 e. The Morgan fingerprint density at radius 2 is 2.25 bits per heavy atom. The Hall–Kier alpha value is -0.890. The summed E-state index contributed by atoms with van der Waals surface area (Å²) in [5.74, 6) is 0. The van der Waals surface area contributed by atoms with E-state index in [1.165, 1.54) is 0 Å². The van der Waals surface area contributed by atoms with Gasteiger partial charge in [-0.2, -0.15) is 0 Å². The largest absolute Gasteiger partial charge is 0.323 e. The molecule has 0 aliphatic carbocycles. The first-order chi connectivity index (χ1) is 5.61. The van der Waals surface area contributed by atoms with Crippen LogP contribution in [0.5, 0.6) is 0 Å². The molecule has 68 valence electrons. The van der Waals surface area contributed by atoms with Crippen molar-refractivity contribution in [3.63, 3.8) is 0 Å². The van der Waals surface area contributed by atoms with Gasteiger partial charge in [-0.05, 0) is 25.8 Å². The van der Waals surface area contributed by atoms with Gasteiger partial charge in [0.2, 0.25) is 0 Å². The van der Waals surface area contributed by atoms with Crippen molar-refractivity contribution in [2.45, 2.75) is 33.2 Å². The predicted octanol–water partition coefficient (Wildman–Crippen LogP) is 2.27. The topological polar surface area (TPSA) is 38.4 Å². The molecule has 0 radical (unpaired) electrons. The summed E-state index contributed by atoms with van der Waals surface area (Å²) in [6.45, 7) is 9.61. The average Bonchev–Trinajstić information content (AvgIpc) is 2.05. The fourth-order valence-corrected chi connectivity index (χ4v) is 0.591. The maximum atomic E-state index is 5.62. The minimum Gasteiger partial charge on any atom is -0.323 e. The van der Waals surface area contributed by atoms with Gasteiger partial charge in [-0.3, -0.25) is 4.99 Å². The van der Waals surface area contributed by atoms with Gasteiger partial charge in [0, 0.05) is 18.0 Å². The zero-order chi connectivity index (χ0) is 9.56. The average molecular weight is 166 g/mol. The SMILES string of the molecule is C=C/C(=C\N=C(C)C(C)N)CC. The lowest BCUT2D eigenvalue weighted by molar-refractivity contribution is 0.965. The van der Waals surface area contributed by atoms with E-state index in [0.29, 0.717) is 0 Å². The highest BCUT2D eigenvalue weighted by atomic mass is 14.8. The van der Waals surface area contributed by atoms with E-state index < -0.39 is 0 Å². The summed E-state index contributed by atoms with van der Waals surface area (Å²) >= 11 is 0. The van der Waals surface area contributed by atoms with Crippen LogP contribution in [-0.4, -0.2) is 11.8 Å². The van der Waals surface area contributed by atoms with Crippen molar-refractivity contribution < 1.29 is 0 Å². The Bertz CT molecular complexity index is 200.